The quantitative estimate of drug-likeness (QED) is 0.763. The topological polar surface area (TPSA) is 93.9 Å². The maximum atomic E-state index is 13.2. The number of H-pyrrole nitrogens is 2. The van der Waals surface area contributed by atoms with E-state index in [0.29, 0.717) is 5.82 Å². The standard InChI is InChI=1S/C16H20FN5O2/c17-12-6-4-11(5-7-12)14(22-8-2-1-3-9-22)15(23)18-10-13-19-16(24)21-20-13/h4-7,14H,1-3,8-10H2,(H,18,23)(H2,19,20,21,24)/t14-/m0/s1. The summed E-state index contributed by atoms with van der Waals surface area (Å²) in [6.45, 7) is 1.78. The number of likely N-dealkylation sites (tertiary alicyclic amines) is 1. The molecule has 3 rings (SSSR count). The second-order valence-corrected chi connectivity index (χ2v) is 5.89. The second kappa shape index (κ2) is 7.39. The van der Waals surface area contributed by atoms with Crippen molar-refractivity contribution in [2.24, 2.45) is 0 Å². The molecular weight excluding hydrogens is 313 g/mol. The van der Waals surface area contributed by atoms with E-state index >= 15 is 0 Å². The lowest BCUT2D eigenvalue weighted by atomic mass is 10.0. The Morgan fingerprint density at radius 1 is 1.25 bits per heavy atom. The summed E-state index contributed by atoms with van der Waals surface area (Å²) in [5, 5.41) is 8.83. The summed E-state index contributed by atoms with van der Waals surface area (Å²) in [5.74, 6) is -0.150. The molecule has 0 unspecified atom stereocenters. The average molecular weight is 333 g/mol. The summed E-state index contributed by atoms with van der Waals surface area (Å²) in [4.78, 5) is 28.4. The number of benzene rings is 1. The van der Waals surface area contributed by atoms with E-state index in [4.69, 9.17) is 0 Å². The van der Waals surface area contributed by atoms with Crippen molar-refractivity contribution in [2.75, 3.05) is 13.1 Å². The van der Waals surface area contributed by atoms with Gasteiger partial charge in [0, 0.05) is 0 Å². The van der Waals surface area contributed by atoms with Gasteiger partial charge in [-0.05, 0) is 43.6 Å². The van der Waals surface area contributed by atoms with Crippen molar-refractivity contribution in [2.45, 2.75) is 31.8 Å². The van der Waals surface area contributed by atoms with Crippen molar-refractivity contribution < 1.29 is 9.18 Å². The van der Waals surface area contributed by atoms with Crippen molar-refractivity contribution in [3.63, 3.8) is 0 Å². The molecule has 1 saturated heterocycles. The van der Waals surface area contributed by atoms with Gasteiger partial charge in [-0.1, -0.05) is 18.6 Å². The molecule has 0 aliphatic carbocycles. The molecule has 2 aromatic rings. The number of nitrogens with one attached hydrogen (secondary N) is 3. The van der Waals surface area contributed by atoms with Gasteiger partial charge in [0.25, 0.3) is 0 Å². The van der Waals surface area contributed by atoms with Crippen LogP contribution in [0.25, 0.3) is 0 Å². The number of nitrogens with zero attached hydrogens (tertiary/aromatic N) is 2. The molecular formula is C16H20FN5O2. The SMILES string of the molecule is O=C(NCc1n[nH]c(=O)[nH]1)[C@H](c1ccc(F)cc1)N1CCCCC1. The highest BCUT2D eigenvalue weighted by Crippen LogP contribution is 2.25. The molecule has 1 atom stereocenters. The number of halogens is 1. The molecule has 2 heterocycles. The van der Waals surface area contributed by atoms with Crippen LogP contribution in [0.5, 0.6) is 0 Å². The second-order valence-electron chi connectivity index (χ2n) is 5.89. The van der Waals surface area contributed by atoms with E-state index < -0.39 is 11.7 Å². The first-order chi connectivity index (χ1) is 11.6. The van der Waals surface area contributed by atoms with Gasteiger partial charge in [0.1, 0.15) is 17.7 Å². The summed E-state index contributed by atoms with van der Waals surface area (Å²) in [5.41, 5.74) is 0.344. The number of carbonyl (C=O) groups excluding carboxylic acids is 1. The van der Waals surface area contributed by atoms with Gasteiger partial charge in [-0.25, -0.2) is 14.3 Å². The number of hydrogen-bond acceptors (Lipinski definition) is 4. The number of amides is 1. The van der Waals surface area contributed by atoms with Gasteiger partial charge in [-0.2, -0.15) is 5.10 Å². The van der Waals surface area contributed by atoms with Crippen LogP contribution in [-0.2, 0) is 11.3 Å². The van der Waals surface area contributed by atoms with Crippen LogP contribution < -0.4 is 11.0 Å². The fourth-order valence-electron chi connectivity index (χ4n) is 3.01. The lowest BCUT2D eigenvalue weighted by Crippen LogP contribution is -2.42. The zero-order chi connectivity index (χ0) is 16.9. The largest absolute Gasteiger partial charge is 0.347 e. The zero-order valence-electron chi connectivity index (χ0n) is 13.2. The van der Waals surface area contributed by atoms with Gasteiger partial charge in [-0.3, -0.25) is 14.7 Å². The number of carbonyl (C=O) groups is 1. The van der Waals surface area contributed by atoms with E-state index in [1.165, 1.54) is 12.1 Å². The third-order valence-corrected chi connectivity index (χ3v) is 4.17. The lowest BCUT2D eigenvalue weighted by molar-refractivity contribution is -0.127. The highest BCUT2D eigenvalue weighted by Gasteiger charge is 2.28. The van der Waals surface area contributed by atoms with E-state index in [1.807, 2.05) is 0 Å². The van der Waals surface area contributed by atoms with E-state index in [2.05, 4.69) is 25.4 Å². The Hall–Kier alpha value is -2.48. The number of aromatic amines is 2. The Morgan fingerprint density at radius 3 is 2.58 bits per heavy atom. The van der Waals surface area contributed by atoms with Crippen LogP contribution in [0.1, 0.15) is 36.7 Å². The van der Waals surface area contributed by atoms with Crippen LogP contribution >= 0.6 is 0 Å². The Labute approximate surface area is 138 Å². The Bertz CT molecular complexity index is 733. The highest BCUT2D eigenvalue weighted by molar-refractivity contribution is 5.83. The van der Waals surface area contributed by atoms with Gasteiger partial charge < -0.3 is 5.32 Å². The molecule has 0 saturated carbocycles. The van der Waals surface area contributed by atoms with Gasteiger partial charge in [0.05, 0.1) is 6.54 Å². The van der Waals surface area contributed by atoms with Gasteiger partial charge >= 0.3 is 5.69 Å². The Morgan fingerprint density at radius 2 is 1.96 bits per heavy atom. The van der Waals surface area contributed by atoms with E-state index in [-0.39, 0.29) is 18.3 Å². The number of aromatic nitrogens is 3. The fraction of sp³-hybridized carbons (Fsp3) is 0.438. The first-order valence-electron chi connectivity index (χ1n) is 8.04. The van der Waals surface area contributed by atoms with Crippen LogP contribution in [0, 0.1) is 5.82 Å². The number of hydrogen-bond donors (Lipinski definition) is 3. The van der Waals surface area contributed by atoms with Crippen LogP contribution in [0.2, 0.25) is 0 Å². The van der Waals surface area contributed by atoms with E-state index in [1.54, 1.807) is 12.1 Å². The predicted octanol–water partition coefficient (Wildman–Crippen LogP) is 1.08. The summed E-state index contributed by atoms with van der Waals surface area (Å²) >= 11 is 0. The molecule has 1 aliphatic heterocycles. The number of piperidine rings is 1. The van der Waals surface area contributed by atoms with Crippen LogP contribution in [0.4, 0.5) is 4.39 Å². The molecule has 1 aromatic heterocycles. The summed E-state index contributed by atoms with van der Waals surface area (Å²) in [6, 6.07) is 5.54. The van der Waals surface area contributed by atoms with Crippen molar-refractivity contribution in [1.29, 1.82) is 0 Å². The van der Waals surface area contributed by atoms with E-state index in [9.17, 15) is 14.0 Å². The van der Waals surface area contributed by atoms with Gasteiger partial charge in [0.2, 0.25) is 5.91 Å². The molecule has 8 heteroatoms. The molecule has 24 heavy (non-hydrogen) atoms. The highest BCUT2D eigenvalue weighted by atomic mass is 19.1. The van der Waals surface area contributed by atoms with Crippen molar-refractivity contribution in [1.82, 2.24) is 25.4 Å². The van der Waals surface area contributed by atoms with Gasteiger partial charge in [-0.15, -0.1) is 0 Å². The minimum absolute atomic E-state index is 0.128. The minimum atomic E-state index is -0.475. The van der Waals surface area contributed by atoms with Gasteiger partial charge in [0.15, 0.2) is 0 Å². The van der Waals surface area contributed by atoms with Crippen molar-refractivity contribution >= 4 is 5.91 Å². The number of rotatable bonds is 5. The molecule has 1 fully saturated rings. The average Bonchev–Trinajstić information content (AvgIpc) is 3.01. The molecule has 1 aromatic carbocycles. The fourth-order valence-corrected chi connectivity index (χ4v) is 3.01. The van der Waals surface area contributed by atoms with E-state index in [0.717, 1.165) is 37.9 Å². The summed E-state index contributed by atoms with van der Waals surface area (Å²) in [7, 11) is 0. The molecule has 0 bridgehead atoms. The third kappa shape index (κ3) is 3.88. The zero-order valence-corrected chi connectivity index (χ0v) is 13.2. The third-order valence-electron chi connectivity index (χ3n) is 4.17. The predicted molar refractivity (Wildman–Crippen MR) is 85.6 cm³/mol. The summed E-state index contributed by atoms with van der Waals surface area (Å²) < 4.78 is 13.2. The van der Waals surface area contributed by atoms with Crippen LogP contribution in [0.15, 0.2) is 29.1 Å². The Balaban J connectivity index is 1.76. The van der Waals surface area contributed by atoms with Crippen molar-refractivity contribution in [3.8, 4) is 0 Å². The first-order valence-corrected chi connectivity index (χ1v) is 8.04. The summed E-state index contributed by atoms with van der Waals surface area (Å²) in [6.07, 6.45) is 3.23. The molecule has 1 aliphatic rings. The van der Waals surface area contributed by atoms with Crippen LogP contribution in [0.3, 0.4) is 0 Å². The van der Waals surface area contributed by atoms with Crippen LogP contribution in [-0.4, -0.2) is 39.1 Å². The molecule has 7 nitrogen and oxygen atoms in total. The molecule has 0 spiro atoms. The minimum Gasteiger partial charge on any atom is -0.347 e. The monoisotopic (exact) mass is 333 g/mol. The molecule has 128 valence electrons. The first kappa shape index (κ1) is 16.4. The smallest absolute Gasteiger partial charge is 0.340 e. The molecule has 3 N–H and O–H groups in total. The Kier molecular flexibility index (Phi) is 5.05. The normalized spacial score (nSPS) is 16.7. The lowest BCUT2D eigenvalue weighted by Gasteiger charge is -2.33. The van der Waals surface area contributed by atoms with Crippen molar-refractivity contribution in [3.05, 3.63) is 52.0 Å². The molecule has 0 radical (unpaired) electrons. The molecule has 1 amide bonds. The maximum absolute atomic E-state index is 13.2. The maximum Gasteiger partial charge on any atom is 0.340 e.